The molecule has 5 nitrogen and oxygen atoms in total. The van der Waals surface area contributed by atoms with Crippen molar-refractivity contribution in [2.75, 3.05) is 19.6 Å². The average Bonchev–Trinajstić information content (AvgIpc) is 3.15. The molecule has 0 aliphatic heterocycles. The summed E-state index contributed by atoms with van der Waals surface area (Å²) in [4.78, 5) is 0.230. The van der Waals surface area contributed by atoms with Crippen LogP contribution in [0, 0.1) is 5.92 Å². The van der Waals surface area contributed by atoms with Gasteiger partial charge in [0.2, 0.25) is 10.0 Å². The van der Waals surface area contributed by atoms with Crippen LogP contribution in [-0.2, 0) is 16.6 Å². The molecule has 1 heterocycles. The number of furan rings is 1. The molecule has 0 bridgehead atoms. The van der Waals surface area contributed by atoms with Gasteiger partial charge in [0.25, 0.3) is 0 Å². The Hall–Kier alpha value is -0.370. The fraction of sp³-hybridized carbons (Fsp3) is 0.692. The zero-order chi connectivity index (χ0) is 14.8. The highest BCUT2D eigenvalue weighted by Gasteiger charge is 2.33. The lowest BCUT2D eigenvalue weighted by molar-refractivity contribution is 0.409. The van der Waals surface area contributed by atoms with Crippen molar-refractivity contribution >= 4 is 26.0 Å². The van der Waals surface area contributed by atoms with Crippen LogP contribution in [0.2, 0.25) is 0 Å². The molecular weight excluding hydrogens is 344 g/mol. The van der Waals surface area contributed by atoms with Crippen LogP contribution in [0.3, 0.4) is 0 Å². The third-order valence-electron chi connectivity index (χ3n) is 3.39. The monoisotopic (exact) mass is 364 g/mol. The summed E-state index contributed by atoms with van der Waals surface area (Å²) in [6.45, 7) is 6.29. The van der Waals surface area contributed by atoms with Crippen molar-refractivity contribution in [3.05, 3.63) is 16.5 Å². The van der Waals surface area contributed by atoms with Gasteiger partial charge in [-0.3, -0.25) is 0 Å². The lowest BCUT2D eigenvalue weighted by Gasteiger charge is -2.19. The third-order valence-corrected chi connectivity index (χ3v) is 6.18. The van der Waals surface area contributed by atoms with Crippen LogP contribution in [0.5, 0.6) is 0 Å². The van der Waals surface area contributed by atoms with E-state index in [1.54, 1.807) is 6.07 Å². The molecule has 1 aromatic heterocycles. The minimum atomic E-state index is -3.48. The summed E-state index contributed by atoms with van der Waals surface area (Å²) in [6, 6.07) is 1.61. The van der Waals surface area contributed by atoms with Crippen molar-refractivity contribution < 1.29 is 12.8 Å². The number of nitrogens with one attached hydrogen (secondary N) is 1. The summed E-state index contributed by atoms with van der Waals surface area (Å²) in [5, 5.41) is 3.12. The lowest BCUT2D eigenvalue weighted by Crippen LogP contribution is -2.32. The van der Waals surface area contributed by atoms with Gasteiger partial charge in [0, 0.05) is 19.2 Å². The molecular formula is C13H21BrN2O3S. The van der Waals surface area contributed by atoms with Gasteiger partial charge in [-0.25, -0.2) is 8.42 Å². The predicted octanol–water partition coefficient (Wildman–Crippen LogP) is 2.57. The van der Waals surface area contributed by atoms with E-state index in [0.717, 1.165) is 19.4 Å². The van der Waals surface area contributed by atoms with E-state index in [1.165, 1.54) is 4.31 Å². The highest BCUT2D eigenvalue weighted by Crippen LogP contribution is 2.33. The van der Waals surface area contributed by atoms with Crippen molar-refractivity contribution in [2.24, 2.45) is 5.92 Å². The van der Waals surface area contributed by atoms with Crippen LogP contribution in [0.15, 0.2) is 20.0 Å². The van der Waals surface area contributed by atoms with Gasteiger partial charge in [-0.1, -0.05) is 13.8 Å². The van der Waals surface area contributed by atoms with Crippen LogP contribution < -0.4 is 5.32 Å². The summed E-state index contributed by atoms with van der Waals surface area (Å²) in [5.74, 6) is 1.15. The van der Waals surface area contributed by atoms with Crippen LogP contribution >= 0.6 is 15.9 Å². The zero-order valence-electron chi connectivity index (χ0n) is 11.9. The summed E-state index contributed by atoms with van der Waals surface area (Å²) in [5.41, 5.74) is 0. The zero-order valence-corrected chi connectivity index (χ0v) is 14.3. The quantitative estimate of drug-likeness (QED) is 0.769. The minimum Gasteiger partial charge on any atom is -0.452 e. The molecule has 0 atom stereocenters. The van der Waals surface area contributed by atoms with Gasteiger partial charge in [-0.15, -0.1) is 0 Å². The molecule has 1 aromatic rings. The highest BCUT2D eigenvalue weighted by atomic mass is 79.9. The molecule has 1 saturated carbocycles. The molecule has 7 heteroatoms. The van der Waals surface area contributed by atoms with Gasteiger partial charge >= 0.3 is 0 Å². The Bertz CT molecular complexity index is 552. The number of sulfonamides is 1. The molecule has 0 unspecified atom stereocenters. The molecule has 20 heavy (non-hydrogen) atoms. The molecule has 0 radical (unpaired) electrons. The van der Waals surface area contributed by atoms with Crippen molar-refractivity contribution in [3.8, 4) is 0 Å². The summed E-state index contributed by atoms with van der Waals surface area (Å²) < 4.78 is 32.6. The number of hydrogen-bond acceptors (Lipinski definition) is 4. The molecule has 114 valence electrons. The molecule has 0 aromatic carbocycles. The van der Waals surface area contributed by atoms with Crippen molar-refractivity contribution in [1.29, 1.82) is 0 Å². The van der Waals surface area contributed by atoms with Crippen LogP contribution in [0.4, 0.5) is 0 Å². The second-order valence-corrected chi connectivity index (χ2v) is 7.66. The normalized spacial score (nSPS) is 16.0. The van der Waals surface area contributed by atoms with E-state index in [9.17, 15) is 8.42 Å². The fourth-order valence-corrected chi connectivity index (χ4v) is 4.52. The van der Waals surface area contributed by atoms with Crippen LogP contribution in [-0.4, -0.2) is 32.4 Å². The molecule has 1 N–H and O–H groups in total. The molecule has 2 rings (SSSR count). The summed E-state index contributed by atoms with van der Waals surface area (Å²) in [6.07, 6.45) is 2.26. The van der Waals surface area contributed by atoms with E-state index in [2.05, 4.69) is 21.2 Å². The van der Waals surface area contributed by atoms with Gasteiger partial charge in [0.05, 0.1) is 6.54 Å². The molecule has 1 aliphatic carbocycles. The van der Waals surface area contributed by atoms with E-state index in [4.69, 9.17) is 4.42 Å². The van der Waals surface area contributed by atoms with Gasteiger partial charge < -0.3 is 9.73 Å². The second-order valence-electron chi connectivity index (χ2n) is 5.03. The molecule has 0 amide bonds. The Labute approximate surface area is 128 Å². The molecule has 0 saturated heterocycles. The minimum absolute atomic E-state index is 0.230. The van der Waals surface area contributed by atoms with Crippen LogP contribution in [0.25, 0.3) is 0 Å². The lowest BCUT2D eigenvalue weighted by atomic mass is 10.4. The Morgan fingerprint density at radius 1 is 1.45 bits per heavy atom. The Kier molecular flexibility index (Phi) is 5.28. The number of rotatable bonds is 8. The van der Waals surface area contributed by atoms with Crippen molar-refractivity contribution in [2.45, 2.75) is 38.1 Å². The maximum Gasteiger partial charge on any atom is 0.247 e. The Morgan fingerprint density at radius 3 is 2.70 bits per heavy atom. The van der Waals surface area contributed by atoms with Gasteiger partial charge in [-0.2, -0.15) is 4.31 Å². The smallest absolute Gasteiger partial charge is 0.247 e. The van der Waals surface area contributed by atoms with E-state index in [-0.39, 0.29) is 4.90 Å². The van der Waals surface area contributed by atoms with E-state index in [0.29, 0.717) is 36.0 Å². The van der Waals surface area contributed by atoms with Crippen molar-refractivity contribution in [1.82, 2.24) is 9.62 Å². The predicted molar refractivity (Wildman–Crippen MR) is 80.9 cm³/mol. The first kappa shape index (κ1) is 16.0. The first-order valence-electron chi connectivity index (χ1n) is 6.98. The number of hydrogen-bond donors (Lipinski definition) is 1. The van der Waals surface area contributed by atoms with E-state index < -0.39 is 10.0 Å². The average molecular weight is 365 g/mol. The standard InChI is InChI=1S/C13H21BrN2O3S/c1-3-15-8-11-7-12(13(14)19-11)20(17,18)16(4-2)9-10-5-6-10/h7,10,15H,3-6,8-9H2,1-2H3. The largest absolute Gasteiger partial charge is 0.452 e. The summed E-state index contributed by atoms with van der Waals surface area (Å²) >= 11 is 3.22. The van der Waals surface area contributed by atoms with E-state index >= 15 is 0 Å². The van der Waals surface area contributed by atoms with Crippen molar-refractivity contribution in [3.63, 3.8) is 0 Å². The Balaban J connectivity index is 2.20. The highest BCUT2D eigenvalue weighted by molar-refractivity contribution is 9.10. The first-order chi connectivity index (χ1) is 9.48. The topological polar surface area (TPSA) is 62.6 Å². The molecule has 1 aliphatic rings. The maximum absolute atomic E-state index is 12.7. The first-order valence-corrected chi connectivity index (χ1v) is 9.21. The van der Waals surface area contributed by atoms with Gasteiger partial charge in [0.1, 0.15) is 10.7 Å². The summed E-state index contributed by atoms with van der Waals surface area (Å²) in [7, 11) is -3.48. The maximum atomic E-state index is 12.7. The number of nitrogens with zero attached hydrogens (tertiary/aromatic N) is 1. The fourth-order valence-electron chi connectivity index (χ4n) is 2.03. The van der Waals surface area contributed by atoms with E-state index in [1.807, 2.05) is 13.8 Å². The SMILES string of the molecule is CCNCc1cc(S(=O)(=O)N(CC)CC2CC2)c(Br)o1. The molecule has 0 spiro atoms. The van der Waals surface area contributed by atoms with Crippen LogP contribution in [0.1, 0.15) is 32.4 Å². The van der Waals surface area contributed by atoms with Gasteiger partial charge in [0.15, 0.2) is 4.67 Å². The molecule has 1 fully saturated rings. The number of halogens is 1. The third kappa shape index (κ3) is 3.63. The second kappa shape index (κ2) is 6.60. The van der Waals surface area contributed by atoms with Gasteiger partial charge in [-0.05, 0) is 41.2 Å². The Morgan fingerprint density at radius 2 is 2.15 bits per heavy atom.